The first kappa shape index (κ1) is 19.5. The Bertz CT molecular complexity index is 648. The number of thiazole rings is 1. The summed E-state index contributed by atoms with van der Waals surface area (Å²) < 4.78 is 13.2. The fraction of sp³-hybridized carbons (Fsp3) is 0.375. The molecule has 0 aliphatic carbocycles. The molecular weight excluding hydrogens is 337 g/mol. The second kappa shape index (κ2) is 8.96. The molecule has 2 aromatic rings. The van der Waals surface area contributed by atoms with Gasteiger partial charge in [0.15, 0.2) is 5.13 Å². The van der Waals surface area contributed by atoms with Gasteiger partial charge in [0, 0.05) is 17.5 Å². The number of rotatable bonds is 6. The molecule has 1 amide bonds. The first-order valence-corrected chi connectivity index (χ1v) is 8.01. The van der Waals surface area contributed by atoms with E-state index in [0.29, 0.717) is 23.9 Å². The van der Waals surface area contributed by atoms with Crippen molar-refractivity contribution in [1.82, 2.24) is 4.98 Å². The molecule has 2 rings (SSSR count). The first-order valence-electron chi connectivity index (χ1n) is 7.19. The van der Waals surface area contributed by atoms with Crippen LogP contribution in [-0.2, 0) is 11.2 Å². The minimum absolute atomic E-state index is 0. The molecule has 0 radical (unpaired) electrons. The van der Waals surface area contributed by atoms with E-state index in [1.54, 1.807) is 12.3 Å². The minimum Gasteiger partial charge on any atom is -0.320 e. The molecule has 1 aromatic carbocycles. The summed E-state index contributed by atoms with van der Waals surface area (Å²) in [6.45, 7) is 4.04. The van der Waals surface area contributed by atoms with Crippen LogP contribution in [0.2, 0.25) is 0 Å². The van der Waals surface area contributed by atoms with Gasteiger partial charge in [-0.05, 0) is 30.0 Å². The van der Waals surface area contributed by atoms with Crippen molar-refractivity contribution in [2.45, 2.75) is 32.7 Å². The molecule has 1 atom stereocenters. The standard InChI is InChI=1S/C16H20FN3OS.ClH/c1-10(2)6-14(18)15(21)20-16-19-9-13(22-16)8-11-4-3-5-12(17)7-11;/h3-5,7,9-10,14H,6,8,18H2,1-2H3,(H,19,20,21);1H/t14-;/m0./s1. The zero-order valence-corrected chi connectivity index (χ0v) is 14.7. The Morgan fingerprint density at radius 3 is 2.83 bits per heavy atom. The average Bonchev–Trinajstić information content (AvgIpc) is 2.85. The van der Waals surface area contributed by atoms with Gasteiger partial charge >= 0.3 is 0 Å². The molecule has 1 aromatic heterocycles. The van der Waals surface area contributed by atoms with Crippen molar-refractivity contribution in [2.24, 2.45) is 11.7 Å². The van der Waals surface area contributed by atoms with Crippen LogP contribution in [0.5, 0.6) is 0 Å². The number of nitrogens with one attached hydrogen (secondary N) is 1. The third-order valence-corrected chi connectivity index (χ3v) is 4.03. The van der Waals surface area contributed by atoms with Gasteiger partial charge in [0.2, 0.25) is 5.91 Å². The minimum atomic E-state index is -0.532. The fourth-order valence-electron chi connectivity index (χ4n) is 2.11. The maximum absolute atomic E-state index is 13.2. The van der Waals surface area contributed by atoms with E-state index < -0.39 is 6.04 Å². The lowest BCUT2D eigenvalue weighted by Crippen LogP contribution is -2.36. The average molecular weight is 358 g/mol. The molecule has 0 spiro atoms. The van der Waals surface area contributed by atoms with Crippen molar-refractivity contribution in [3.8, 4) is 0 Å². The molecule has 0 unspecified atom stereocenters. The Balaban J connectivity index is 0.00000264. The summed E-state index contributed by atoms with van der Waals surface area (Å²) in [6, 6.07) is 5.92. The molecule has 0 saturated heterocycles. The van der Waals surface area contributed by atoms with Crippen LogP contribution in [0, 0.1) is 11.7 Å². The molecule has 126 valence electrons. The van der Waals surface area contributed by atoms with Crippen molar-refractivity contribution in [3.05, 3.63) is 46.7 Å². The smallest absolute Gasteiger partial charge is 0.243 e. The van der Waals surface area contributed by atoms with E-state index in [2.05, 4.69) is 10.3 Å². The number of hydrogen-bond donors (Lipinski definition) is 2. The molecule has 0 fully saturated rings. The van der Waals surface area contributed by atoms with E-state index in [0.717, 1.165) is 10.4 Å². The van der Waals surface area contributed by atoms with Crippen molar-refractivity contribution < 1.29 is 9.18 Å². The van der Waals surface area contributed by atoms with Crippen molar-refractivity contribution in [3.63, 3.8) is 0 Å². The van der Waals surface area contributed by atoms with Crippen molar-refractivity contribution >= 4 is 34.8 Å². The molecule has 0 aliphatic heterocycles. The number of aromatic nitrogens is 1. The summed E-state index contributed by atoms with van der Waals surface area (Å²) in [5, 5.41) is 3.26. The van der Waals surface area contributed by atoms with Gasteiger partial charge in [0.05, 0.1) is 6.04 Å². The van der Waals surface area contributed by atoms with Gasteiger partial charge in [-0.3, -0.25) is 4.79 Å². The molecule has 3 N–H and O–H groups in total. The Hall–Kier alpha value is -1.50. The SMILES string of the molecule is CC(C)C[C@H](N)C(=O)Nc1ncc(Cc2cccc(F)c2)s1.Cl. The van der Waals surface area contributed by atoms with Crippen LogP contribution >= 0.6 is 23.7 Å². The summed E-state index contributed by atoms with van der Waals surface area (Å²) in [5.74, 6) is -0.115. The summed E-state index contributed by atoms with van der Waals surface area (Å²) in [5.41, 5.74) is 6.71. The second-order valence-electron chi connectivity index (χ2n) is 5.66. The molecule has 4 nitrogen and oxygen atoms in total. The van der Waals surface area contributed by atoms with Crippen LogP contribution in [0.15, 0.2) is 30.5 Å². The number of carbonyl (C=O) groups excluding carboxylic acids is 1. The lowest BCUT2D eigenvalue weighted by atomic mass is 10.0. The van der Waals surface area contributed by atoms with Gasteiger partial charge < -0.3 is 11.1 Å². The van der Waals surface area contributed by atoms with Crippen molar-refractivity contribution in [2.75, 3.05) is 5.32 Å². The number of hydrogen-bond acceptors (Lipinski definition) is 4. The van der Waals surface area contributed by atoms with Gasteiger partial charge in [-0.2, -0.15) is 0 Å². The van der Waals surface area contributed by atoms with Gasteiger partial charge in [-0.25, -0.2) is 9.37 Å². The fourth-order valence-corrected chi connectivity index (χ4v) is 2.96. The highest BCUT2D eigenvalue weighted by molar-refractivity contribution is 7.15. The first-order chi connectivity index (χ1) is 10.4. The Morgan fingerprint density at radius 1 is 1.43 bits per heavy atom. The van der Waals surface area contributed by atoms with Gasteiger partial charge in [0.1, 0.15) is 5.82 Å². The molecule has 0 bridgehead atoms. The van der Waals surface area contributed by atoms with Crippen LogP contribution in [0.3, 0.4) is 0 Å². The van der Waals surface area contributed by atoms with Gasteiger partial charge in [0.25, 0.3) is 0 Å². The largest absolute Gasteiger partial charge is 0.320 e. The number of nitrogens with zero attached hydrogens (tertiary/aromatic N) is 1. The highest BCUT2D eigenvalue weighted by Crippen LogP contribution is 2.21. The number of halogens is 2. The van der Waals surface area contributed by atoms with Crippen LogP contribution in [-0.4, -0.2) is 16.9 Å². The predicted molar refractivity (Wildman–Crippen MR) is 94.6 cm³/mol. The van der Waals surface area contributed by atoms with Crippen LogP contribution in [0.25, 0.3) is 0 Å². The zero-order valence-electron chi connectivity index (χ0n) is 13.1. The zero-order chi connectivity index (χ0) is 16.1. The number of benzene rings is 1. The van der Waals surface area contributed by atoms with E-state index in [1.165, 1.54) is 23.5 Å². The van der Waals surface area contributed by atoms with Crippen LogP contribution < -0.4 is 11.1 Å². The number of amides is 1. The Labute approximate surface area is 145 Å². The topological polar surface area (TPSA) is 68.0 Å². The molecule has 0 saturated carbocycles. The van der Waals surface area contributed by atoms with Gasteiger partial charge in [-0.1, -0.05) is 26.0 Å². The normalized spacial score (nSPS) is 11.9. The summed E-state index contributed by atoms with van der Waals surface area (Å²) >= 11 is 1.38. The van der Waals surface area contributed by atoms with E-state index in [4.69, 9.17) is 5.73 Å². The second-order valence-corrected chi connectivity index (χ2v) is 6.78. The third kappa shape index (κ3) is 6.25. The Kier molecular flexibility index (Phi) is 7.61. The number of nitrogens with two attached hydrogens (primary N) is 1. The van der Waals surface area contributed by atoms with E-state index in [9.17, 15) is 9.18 Å². The molecule has 7 heteroatoms. The third-order valence-electron chi connectivity index (χ3n) is 3.11. The Morgan fingerprint density at radius 2 is 2.17 bits per heavy atom. The van der Waals surface area contributed by atoms with E-state index >= 15 is 0 Å². The summed E-state index contributed by atoms with van der Waals surface area (Å²) in [4.78, 5) is 17.1. The molecule has 23 heavy (non-hydrogen) atoms. The lowest BCUT2D eigenvalue weighted by molar-refractivity contribution is -0.117. The van der Waals surface area contributed by atoms with Crippen LogP contribution in [0.4, 0.5) is 9.52 Å². The predicted octanol–water partition coefficient (Wildman–Crippen LogP) is 3.61. The van der Waals surface area contributed by atoms with E-state index in [-0.39, 0.29) is 24.1 Å². The summed E-state index contributed by atoms with van der Waals surface area (Å²) in [7, 11) is 0. The number of carbonyl (C=O) groups is 1. The molecular formula is C16H21ClFN3OS. The lowest BCUT2D eigenvalue weighted by Gasteiger charge is -2.12. The maximum atomic E-state index is 13.2. The highest BCUT2D eigenvalue weighted by Gasteiger charge is 2.16. The van der Waals surface area contributed by atoms with Crippen molar-refractivity contribution in [1.29, 1.82) is 0 Å². The van der Waals surface area contributed by atoms with E-state index in [1.807, 2.05) is 19.9 Å². The summed E-state index contributed by atoms with van der Waals surface area (Å²) in [6.07, 6.45) is 2.91. The van der Waals surface area contributed by atoms with Crippen LogP contribution in [0.1, 0.15) is 30.7 Å². The van der Waals surface area contributed by atoms with Gasteiger partial charge in [-0.15, -0.1) is 23.7 Å². The quantitative estimate of drug-likeness (QED) is 0.829. The molecule has 1 heterocycles. The molecule has 0 aliphatic rings. The number of anilines is 1. The monoisotopic (exact) mass is 357 g/mol. The maximum Gasteiger partial charge on any atom is 0.243 e. The highest BCUT2D eigenvalue weighted by atomic mass is 35.5.